The Labute approximate surface area is 183 Å². The number of benzene rings is 1. The lowest BCUT2D eigenvalue weighted by atomic mass is 10.2. The SMILES string of the molecule is CCc1ccc(OC[C@@H](O)Cn2c(-n3nc(C)cc3C)nc3c2c(=O)[nH]c(=O)n3C)cc1. The van der Waals surface area contributed by atoms with E-state index in [1.807, 2.05) is 44.2 Å². The first kappa shape index (κ1) is 21.6. The van der Waals surface area contributed by atoms with Gasteiger partial charge in [0.05, 0.1) is 12.2 Å². The molecule has 10 heteroatoms. The summed E-state index contributed by atoms with van der Waals surface area (Å²) in [4.78, 5) is 31.6. The zero-order valence-electron chi connectivity index (χ0n) is 18.5. The molecule has 4 aromatic rings. The second kappa shape index (κ2) is 8.46. The molecule has 10 nitrogen and oxygen atoms in total. The average molecular weight is 438 g/mol. The van der Waals surface area contributed by atoms with Gasteiger partial charge in [0, 0.05) is 12.7 Å². The molecule has 0 amide bonds. The Morgan fingerprint density at radius 1 is 1.19 bits per heavy atom. The lowest BCUT2D eigenvalue weighted by Gasteiger charge is -2.16. The number of fused-ring (bicyclic) bond motifs is 1. The summed E-state index contributed by atoms with van der Waals surface area (Å²) in [5.41, 5.74) is 2.04. The van der Waals surface area contributed by atoms with Crippen LogP contribution in [0.3, 0.4) is 0 Å². The standard InChI is InChI=1S/C22H26N6O4/c1-5-15-6-8-17(9-7-15)32-12-16(29)11-27-18-19(26(4)22(31)24-20(18)30)23-21(27)28-14(3)10-13(2)25-28/h6-10,16,29H,5,11-12H2,1-4H3,(H,24,30,31)/t16-/m0/s1. The number of aromatic nitrogens is 6. The van der Waals surface area contributed by atoms with Crippen LogP contribution in [0.4, 0.5) is 0 Å². The van der Waals surface area contributed by atoms with Crippen molar-refractivity contribution in [3.05, 3.63) is 68.1 Å². The molecule has 0 fully saturated rings. The molecular formula is C22H26N6O4. The molecule has 0 radical (unpaired) electrons. The number of aliphatic hydroxyl groups is 1. The van der Waals surface area contributed by atoms with Crippen LogP contribution in [0.1, 0.15) is 23.9 Å². The smallest absolute Gasteiger partial charge is 0.329 e. The lowest BCUT2D eigenvalue weighted by molar-refractivity contribution is 0.0932. The number of aliphatic hydroxyl groups excluding tert-OH is 1. The van der Waals surface area contributed by atoms with Crippen molar-refractivity contribution >= 4 is 11.2 Å². The second-order valence-electron chi connectivity index (χ2n) is 7.81. The van der Waals surface area contributed by atoms with Crippen molar-refractivity contribution in [1.29, 1.82) is 0 Å². The van der Waals surface area contributed by atoms with Crippen LogP contribution < -0.4 is 16.0 Å². The van der Waals surface area contributed by atoms with Crippen molar-refractivity contribution in [2.75, 3.05) is 6.61 Å². The predicted molar refractivity (Wildman–Crippen MR) is 120 cm³/mol. The van der Waals surface area contributed by atoms with Crippen LogP contribution in [0.25, 0.3) is 17.1 Å². The molecule has 3 aromatic heterocycles. The van der Waals surface area contributed by atoms with E-state index in [1.165, 1.54) is 17.2 Å². The van der Waals surface area contributed by atoms with Crippen LogP contribution in [0, 0.1) is 13.8 Å². The van der Waals surface area contributed by atoms with Gasteiger partial charge >= 0.3 is 5.69 Å². The fourth-order valence-electron chi connectivity index (χ4n) is 3.67. The maximum absolute atomic E-state index is 12.7. The molecule has 0 saturated carbocycles. The number of aryl methyl sites for hydroxylation is 4. The van der Waals surface area contributed by atoms with Crippen molar-refractivity contribution in [2.24, 2.45) is 7.05 Å². The van der Waals surface area contributed by atoms with E-state index in [2.05, 4.69) is 22.0 Å². The summed E-state index contributed by atoms with van der Waals surface area (Å²) >= 11 is 0. The quantitative estimate of drug-likeness (QED) is 0.448. The van der Waals surface area contributed by atoms with E-state index in [-0.39, 0.29) is 24.3 Å². The van der Waals surface area contributed by atoms with Crippen molar-refractivity contribution in [1.82, 2.24) is 28.9 Å². The van der Waals surface area contributed by atoms with Crippen LogP contribution in [-0.2, 0) is 20.0 Å². The molecule has 0 spiro atoms. The molecule has 4 rings (SSSR count). The molecule has 2 N–H and O–H groups in total. The van der Waals surface area contributed by atoms with Gasteiger partial charge in [-0.25, -0.2) is 9.48 Å². The van der Waals surface area contributed by atoms with Gasteiger partial charge in [-0.2, -0.15) is 10.1 Å². The van der Waals surface area contributed by atoms with E-state index >= 15 is 0 Å². The van der Waals surface area contributed by atoms with Crippen molar-refractivity contribution in [3.63, 3.8) is 0 Å². The van der Waals surface area contributed by atoms with Gasteiger partial charge in [0.2, 0.25) is 5.95 Å². The third kappa shape index (κ3) is 3.96. The monoisotopic (exact) mass is 438 g/mol. The first-order valence-electron chi connectivity index (χ1n) is 10.4. The Morgan fingerprint density at radius 2 is 1.91 bits per heavy atom. The van der Waals surface area contributed by atoms with E-state index in [4.69, 9.17) is 4.74 Å². The minimum Gasteiger partial charge on any atom is -0.491 e. The van der Waals surface area contributed by atoms with E-state index in [9.17, 15) is 14.7 Å². The topological polar surface area (TPSA) is 120 Å². The van der Waals surface area contributed by atoms with Gasteiger partial charge in [-0.3, -0.25) is 18.9 Å². The summed E-state index contributed by atoms with van der Waals surface area (Å²) in [7, 11) is 1.53. The fraction of sp³-hybridized carbons (Fsp3) is 0.364. The number of nitrogens with zero attached hydrogens (tertiary/aromatic N) is 5. The highest BCUT2D eigenvalue weighted by Gasteiger charge is 2.22. The largest absolute Gasteiger partial charge is 0.491 e. The lowest BCUT2D eigenvalue weighted by Crippen LogP contribution is -2.31. The molecule has 32 heavy (non-hydrogen) atoms. The maximum Gasteiger partial charge on any atom is 0.329 e. The number of hydrogen-bond donors (Lipinski definition) is 2. The number of hydrogen-bond acceptors (Lipinski definition) is 6. The zero-order valence-corrected chi connectivity index (χ0v) is 18.5. The molecule has 1 aromatic carbocycles. The van der Waals surface area contributed by atoms with Gasteiger partial charge in [0.25, 0.3) is 5.56 Å². The summed E-state index contributed by atoms with van der Waals surface area (Å²) in [6.45, 7) is 5.84. The van der Waals surface area contributed by atoms with Gasteiger partial charge < -0.3 is 9.84 Å². The van der Waals surface area contributed by atoms with Crippen molar-refractivity contribution in [2.45, 2.75) is 39.8 Å². The van der Waals surface area contributed by atoms with Gasteiger partial charge in [0.1, 0.15) is 18.5 Å². The first-order valence-corrected chi connectivity index (χ1v) is 10.4. The molecule has 0 aliphatic heterocycles. The number of rotatable bonds is 7. The Kier molecular flexibility index (Phi) is 5.70. The summed E-state index contributed by atoms with van der Waals surface area (Å²) in [6.07, 6.45) is -0.00597. The first-order chi connectivity index (χ1) is 15.3. The van der Waals surface area contributed by atoms with Crippen LogP contribution in [-0.4, -0.2) is 46.7 Å². The molecule has 168 valence electrons. The molecule has 0 aliphatic rings. The third-order valence-electron chi connectivity index (χ3n) is 5.35. The van der Waals surface area contributed by atoms with Gasteiger partial charge in [0.15, 0.2) is 11.2 Å². The molecule has 0 unspecified atom stereocenters. The minimum atomic E-state index is -0.939. The Hall–Kier alpha value is -3.66. The summed E-state index contributed by atoms with van der Waals surface area (Å²) in [5.74, 6) is 0.986. The van der Waals surface area contributed by atoms with E-state index in [0.29, 0.717) is 11.7 Å². The summed E-state index contributed by atoms with van der Waals surface area (Å²) in [6, 6.07) is 9.56. The number of aromatic amines is 1. The van der Waals surface area contributed by atoms with Crippen LogP contribution >= 0.6 is 0 Å². The summed E-state index contributed by atoms with van der Waals surface area (Å²) < 4.78 is 10.2. The third-order valence-corrected chi connectivity index (χ3v) is 5.35. The Morgan fingerprint density at radius 3 is 2.53 bits per heavy atom. The predicted octanol–water partition coefficient (Wildman–Crippen LogP) is 1.23. The van der Waals surface area contributed by atoms with E-state index in [0.717, 1.165) is 17.8 Å². The molecule has 0 saturated heterocycles. The molecule has 0 bridgehead atoms. The molecule has 1 atom stereocenters. The van der Waals surface area contributed by atoms with Gasteiger partial charge in [-0.1, -0.05) is 19.1 Å². The highest BCUT2D eigenvalue weighted by atomic mass is 16.5. The molecule has 3 heterocycles. The van der Waals surface area contributed by atoms with Crippen LogP contribution in [0.15, 0.2) is 39.9 Å². The maximum atomic E-state index is 12.7. The number of H-pyrrole nitrogens is 1. The van der Waals surface area contributed by atoms with Crippen LogP contribution in [0.5, 0.6) is 5.75 Å². The number of nitrogens with one attached hydrogen (secondary N) is 1. The fourth-order valence-corrected chi connectivity index (χ4v) is 3.67. The zero-order chi connectivity index (χ0) is 23.0. The van der Waals surface area contributed by atoms with Gasteiger partial charge in [-0.15, -0.1) is 0 Å². The van der Waals surface area contributed by atoms with Crippen molar-refractivity contribution in [3.8, 4) is 11.7 Å². The van der Waals surface area contributed by atoms with Crippen LogP contribution in [0.2, 0.25) is 0 Å². The molecular weight excluding hydrogens is 412 g/mol. The van der Waals surface area contributed by atoms with E-state index in [1.54, 1.807) is 9.25 Å². The Balaban J connectivity index is 1.70. The highest BCUT2D eigenvalue weighted by Crippen LogP contribution is 2.18. The second-order valence-corrected chi connectivity index (χ2v) is 7.81. The van der Waals surface area contributed by atoms with Crippen molar-refractivity contribution < 1.29 is 9.84 Å². The highest BCUT2D eigenvalue weighted by molar-refractivity contribution is 5.72. The Bertz CT molecular complexity index is 1380. The molecule has 0 aliphatic carbocycles. The number of ether oxygens (including phenoxy) is 1. The van der Waals surface area contributed by atoms with E-state index < -0.39 is 17.4 Å². The number of imidazole rings is 1. The van der Waals surface area contributed by atoms with Gasteiger partial charge in [-0.05, 0) is 44.0 Å². The minimum absolute atomic E-state index is 0.0192. The average Bonchev–Trinajstić information content (AvgIpc) is 3.30. The normalized spacial score (nSPS) is 12.4. The summed E-state index contributed by atoms with van der Waals surface area (Å²) in [5, 5.41) is 15.2.